The summed E-state index contributed by atoms with van der Waals surface area (Å²) in [4.78, 5) is 2.00. The number of halogens is 3. The molecule has 0 saturated carbocycles. The summed E-state index contributed by atoms with van der Waals surface area (Å²) in [5.41, 5.74) is 5.06. The van der Waals surface area contributed by atoms with Crippen molar-refractivity contribution in [1.82, 2.24) is 0 Å². The van der Waals surface area contributed by atoms with Gasteiger partial charge >= 0.3 is 6.18 Å². The lowest BCUT2D eigenvalue weighted by Crippen LogP contribution is -2.34. The summed E-state index contributed by atoms with van der Waals surface area (Å²) in [7, 11) is 0. The molecule has 2 nitrogen and oxygen atoms in total. The van der Waals surface area contributed by atoms with Gasteiger partial charge in [0.2, 0.25) is 0 Å². The standard InChI is InChI=1S/C13H17F3N2/c1-9-3-2-6-18(8-9)10-4-5-12(17)11(7-10)13(14,15)16/h4-5,7,9H,2-3,6,8,17H2,1H3/t9-/m0/s1. The zero-order chi connectivity index (χ0) is 13.3. The first-order valence-corrected chi connectivity index (χ1v) is 6.09. The number of anilines is 2. The van der Waals surface area contributed by atoms with Crippen molar-refractivity contribution in [2.75, 3.05) is 23.7 Å². The Morgan fingerprint density at radius 3 is 2.67 bits per heavy atom. The highest BCUT2D eigenvalue weighted by atomic mass is 19.4. The molecule has 2 rings (SSSR count). The van der Waals surface area contributed by atoms with Crippen molar-refractivity contribution in [2.24, 2.45) is 5.92 Å². The number of alkyl halides is 3. The van der Waals surface area contributed by atoms with E-state index in [2.05, 4.69) is 6.92 Å². The number of hydrogen-bond donors (Lipinski definition) is 1. The largest absolute Gasteiger partial charge is 0.418 e. The highest BCUT2D eigenvalue weighted by Crippen LogP contribution is 2.36. The molecule has 5 heteroatoms. The molecule has 2 N–H and O–H groups in total. The van der Waals surface area contributed by atoms with Crippen LogP contribution in [0, 0.1) is 5.92 Å². The highest BCUT2D eigenvalue weighted by Gasteiger charge is 2.33. The SMILES string of the molecule is C[C@H]1CCCN(c2ccc(N)c(C(F)(F)F)c2)C1. The van der Waals surface area contributed by atoms with Crippen LogP contribution in [0.1, 0.15) is 25.3 Å². The maximum atomic E-state index is 12.8. The molecule has 1 aliphatic heterocycles. The number of piperidine rings is 1. The Kier molecular flexibility index (Phi) is 3.41. The van der Waals surface area contributed by atoms with E-state index < -0.39 is 11.7 Å². The van der Waals surface area contributed by atoms with E-state index in [0.717, 1.165) is 32.0 Å². The molecule has 1 aromatic carbocycles. The summed E-state index contributed by atoms with van der Waals surface area (Å²) >= 11 is 0. The van der Waals surface area contributed by atoms with Crippen LogP contribution in [-0.4, -0.2) is 13.1 Å². The van der Waals surface area contributed by atoms with Crippen LogP contribution in [0.3, 0.4) is 0 Å². The molecule has 1 atom stereocenters. The summed E-state index contributed by atoms with van der Waals surface area (Å²) in [6, 6.07) is 4.17. The first-order valence-electron chi connectivity index (χ1n) is 6.09. The number of hydrogen-bond acceptors (Lipinski definition) is 2. The average Bonchev–Trinajstić information content (AvgIpc) is 2.28. The van der Waals surface area contributed by atoms with E-state index in [4.69, 9.17) is 5.73 Å². The summed E-state index contributed by atoms with van der Waals surface area (Å²) in [6.07, 6.45) is -2.23. The number of nitrogens with zero attached hydrogens (tertiary/aromatic N) is 1. The predicted octanol–water partition coefficient (Wildman–Crippen LogP) is 3.52. The zero-order valence-corrected chi connectivity index (χ0v) is 10.3. The molecular formula is C13H17F3N2. The minimum atomic E-state index is -4.39. The van der Waals surface area contributed by atoms with Crippen LogP contribution in [0.5, 0.6) is 0 Å². The molecule has 0 unspecified atom stereocenters. The normalized spacial score (nSPS) is 21.1. The third kappa shape index (κ3) is 2.71. The Labute approximate surface area is 105 Å². The van der Waals surface area contributed by atoms with Crippen LogP contribution in [0.2, 0.25) is 0 Å². The van der Waals surface area contributed by atoms with Gasteiger partial charge in [-0.25, -0.2) is 0 Å². The van der Waals surface area contributed by atoms with Gasteiger partial charge in [-0.3, -0.25) is 0 Å². The van der Waals surface area contributed by atoms with Crippen molar-refractivity contribution in [2.45, 2.75) is 25.9 Å². The van der Waals surface area contributed by atoms with E-state index >= 15 is 0 Å². The van der Waals surface area contributed by atoms with E-state index in [1.807, 2.05) is 4.90 Å². The molecule has 1 heterocycles. The van der Waals surface area contributed by atoms with E-state index in [9.17, 15) is 13.2 Å². The fourth-order valence-corrected chi connectivity index (χ4v) is 2.41. The monoisotopic (exact) mass is 258 g/mol. The molecule has 100 valence electrons. The summed E-state index contributed by atoms with van der Waals surface area (Å²) in [5.74, 6) is 0.519. The third-order valence-electron chi connectivity index (χ3n) is 3.36. The van der Waals surface area contributed by atoms with Crippen molar-refractivity contribution in [3.05, 3.63) is 23.8 Å². The van der Waals surface area contributed by atoms with Gasteiger partial charge in [-0.05, 0) is 37.0 Å². The minimum Gasteiger partial charge on any atom is -0.398 e. The molecule has 0 radical (unpaired) electrons. The number of nitrogen functional groups attached to an aromatic ring is 1. The summed E-state index contributed by atoms with van der Waals surface area (Å²) in [5, 5.41) is 0. The first kappa shape index (κ1) is 13.1. The maximum absolute atomic E-state index is 12.8. The van der Waals surface area contributed by atoms with E-state index in [0.29, 0.717) is 11.6 Å². The van der Waals surface area contributed by atoms with Crippen LogP contribution in [0.25, 0.3) is 0 Å². The quantitative estimate of drug-likeness (QED) is 0.781. The van der Waals surface area contributed by atoms with Gasteiger partial charge in [-0.15, -0.1) is 0 Å². The lowest BCUT2D eigenvalue weighted by molar-refractivity contribution is -0.136. The van der Waals surface area contributed by atoms with E-state index in [1.165, 1.54) is 6.07 Å². The highest BCUT2D eigenvalue weighted by molar-refractivity contribution is 5.59. The van der Waals surface area contributed by atoms with Gasteiger partial charge in [0.05, 0.1) is 5.56 Å². The number of benzene rings is 1. The van der Waals surface area contributed by atoms with Gasteiger partial charge in [0.15, 0.2) is 0 Å². The van der Waals surface area contributed by atoms with Crippen LogP contribution < -0.4 is 10.6 Å². The van der Waals surface area contributed by atoms with Crippen LogP contribution in [-0.2, 0) is 6.18 Å². The van der Waals surface area contributed by atoms with Crippen LogP contribution >= 0.6 is 0 Å². The molecule has 0 aliphatic carbocycles. The zero-order valence-electron chi connectivity index (χ0n) is 10.3. The predicted molar refractivity (Wildman–Crippen MR) is 66.5 cm³/mol. The Hall–Kier alpha value is -1.39. The Morgan fingerprint density at radius 1 is 1.33 bits per heavy atom. The topological polar surface area (TPSA) is 29.3 Å². The second-order valence-corrected chi connectivity index (χ2v) is 4.96. The molecule has 0 aromatic heterocycles. The number of rotatable bonds is 1. The Bertz CT molecular complexity index is 429. The van der Waals surface area contributed by atoms with Gasteiger partial charge in [0.25, 0.3) is 0 Å². The molecule has 0 bridgehead atoms. The van der Waals surface area contributed by atoms with Gasteiger partial charge in [0, 0.05) is 24.5 Å². The second-order valence-electron chi connectivity index (χ2n) is 4.96. The Morgan fingerprint density at radius 2 is 2.06 bits per heavy atom. The first-order chi connectivity index (χ1) is 8.38. The van der Waals surface area contributed by atoms with Gasteiger partial charge < -0.3 is 10.6 Å². The van der Waals surface area contributed by atoms with Gasteiger partial charge in [-0.2, -0.15) is 13.2 Å². The minimum absolute atomic E-state index is 0.212. The van der Waals surface area contributed by atoms with Gasteiger partial charge in [0.1, 0.15) is 0 Å². The fourth-order valence-electron chi connectivity index (χ4n) is 2.41. The molecule has 1 aromatic rings. The Balaban J connectivity index is 2.29. The third-order valence-corrected chi connectivity index (χ3v) is 3.36. The van der Waals surface area contributed by atoms with Crippen LogP contribution in [0.4, 0.5) is 24.5 Å². The average molecular weight is 258 g/mol. The second kappa shape index (κ2) is 4.71. The van der Waals surface area contributed by atoms with Crippen molar-refractivity contribution < 1.29 is 13.2 Å². The van der Waals surface area contributed by atoms with Crippen LogP contribution in [0.15, 0.2) is 18.2 Å². The van der Waals surface area contributed by atoms with Crippen molar-refractivity contribution >= 4 is 11.4 Å². The smallest absolute Gasteiger partial charge is 0.398 e. The van der Waals surface area contributed by atoms with E-state index in [1.54, 1.807) is 6.07 Å². The maximum Gasteiger partial charge on any atom is 0.418 e. The van der Waals surface area contributed by atoms with Crippen molar-refractivity contribution in [3.63, 3.8) is 0 Å². The number of nitrogens with two attached hydrogens (primary N) is 1. The molecule has 18 heavy (non-hydrogen) atoms. The molecular weight excluding hydrogens is 241 g/mol. The molecule has 1 saturated heterocycles. The molecule has 1 aliphatic rings. The summed E-state index contributed by atoms with van der Waals surface area (Å²) < 4.78 is 38.3. The van der Waals surface area contributed by atoms with Crippen molar-refractivity contribution in [1.29, 1.82) is 0 Å². The van der Waals surface area contributed by atoms with Crippen molar-refractivity contribution in [3.8, 4) is 0 Å². The van der Waals surface area contributed by atoms with E-state index in [-0.39, 0.29) is 5.69 Å². The molecule has 0 amide bonds. The molecule has 0 spiro atoms. The van der Waals surface area contributed by atoms with Gasteiger partial charge in [-0.1, -0.05) is 6.92 Å². The lowest BCUT2D eigenvalue weighted by Gasteiger charge is -2.33. The lowest BCUT2D eigenvalue weighted by atomic mass is 9.99. The molecule has 1 fully saturated rings. The summed E-state index contributed by atoms with van der Waals surface area (Å²) in [6.45, 7) is 3.74. The fraction of sp³-hybridized carbons (Fsp3) is 0.538.